The molecule has 1 aliphatic rings. The predicted octanol–water partition coefficient (Wildman–Crippen LogP) is 3.35. The van der Waals surface area contributed by atoms with Crippen molar-refractivity contribution in [3.63, 3.8) is 0 Å². The molecule has 1 amide bonds. The molecular weight excluding hydrogens is 395 g/mol. The van der Waals surface area contributed by atoms with Crippen LogP contribution in [0.1, 0.15) is 30.9 Å². The SMILES string of the molecule is CC1CCN(c2ccc(CNC(=O)C(N)Cc3ccccc3)cn2)CC1.Cl.Cl. The fourth-order valence-corrected chi connectivity index (χ4v) is 3.23. The molecule has 3 rings (SSSR count). The minimum atomic E-state index is -0.542. The largest absolute Gasteiger partial charge is 0.357 e. The third-order valence-electron chi connectivity index (χ3n) is 5.02. The van der Waals surface area contributed by atoms with Gasteiger partial charge in [0.25, 0.3) is 0 Å². The van der Waals surface area contributed by atoms with E-state index in [0.29, 0.717) is 13.0 Å². The molecule has 1 aromatic heterocycles. The van der Waals surface area contributed by atoms with Crippen LogP contribution in [0.2, 0.25) is 0 Å². The number of halogens is 2. The van der Waals surface area contributed by atoms with E-state index in [1.165, 1.54) is 12.8 Å². The highest BCUT2D eigenvalue weighted by Crippen LogP contribution is 2.21. The van der Waals surface area contributed by atoms with Gasteiger partial charge in [-0.2, -0.15) is 0 Å². The summed E-state index contributed by atoms with van der Waals surface area (Å²) >= 11 is 0. The quantitative estimate of drug-likeness (QED) is 0.745. The van der Waals surface area contributed by atoms with Gasteiger partial charge < -0.3 is 16.0 Å². The molecule has 1 unspecified atom stereocenters. The number of carbonyl (C=O) groups is 1. The molecule has 0 radical (unpaired) electrons. The Bertz CT molecular complexity index is 704. The van der Waals surface area contributed by atoms with Crippen LogP contribution in [0.15, 0.2) is 48.7 Å². The molecule has 1 fully saturated rings. The van der Waals surface area contributed by atoms with Gasteiger partial charge in [-0.1, -0.05) is 43.3 Å². The lowest BCUT2D eigenvalue weighted by atomic mass is 9.99. The van der Waals surface area contributed by atoms with E-state index in [1.54, 1.807) is 0 Å². The van der Waals surface area contributed by atoms with E-state index >= 15 is 0 Å². The van der Waals surface area contributed by atoms with Crippen molar-refractivity contribution in [3.05, 3.63) is 59.8 Å². The maximum absolute atomic E-state index is 12.2. The Kier molecular flexibility index (Phi) is 10.3. The number of anilines is 1. The van der Waals surface area contributed by atoms with Crippen molar-refractivity contribution in [1.82, 2.24) is 10.3 Å². The van der Waals surface area contributed by atoms with E-state index in [0.717, 1.165) is 36.0 Å². The highest BCUT2D eigenvalue weighted by Gasteiger charge is 2.17. The molecule has 5 nitrogen and oxygen atoms in total. The molecule has 7 heteroatoms. The summed E-state index contributed by atoms with van der Waals surface area (Å²) in [6.45, 7) is 4.89. The smallest absolute Gasteiger partial charge is 0.237 e. The number of nitrogens with one attached hydrogen (secondary N) is 1. The Morgan fingerprint density at radius 1 is 1.14 bits per heavy atom. The molecule has 0 saturated carbocycles. The molecule has 2 aromatic rings. The topological polar surface area (TPSA) is 71.2 Å². The van der Waals surface area contributed by atoms with Crippen molar-refractivity contribution in [2.75, 3.05) is 18.0 Å². The van der Waals surface area contributed by atoms with Crippen molar-refractivity contribution >= 4 is 36.5 Å². The van der Waals surface area contributed by atoms with Crippen LogP contribution < -0.4 is 16.0 Å². The summed E-state index contributed by atoms with van der Waals surface area (Å²) in [6.07, 6.45) is 4.82. The normalized spacial score (nSPS) is 15.1. The van der Waals surface area contributed by atoms with Gasteiger partial charge in [0.2, 0.25) is 5.91 Å². The number of pyridine rings is 1. The van der Waals surface area contributed by atoms with Crippen LogP contribution in [0.5, 0.6) is 0 Å². The third kappa shape index (κ3) is 6.97. The van der Waals surface area contributed by atoms with Gasteiger partial charge in [0.1, 0.15) is 5.82 Å². The van der Waals surface area contributed by atoms with Crippen molar-refractivity contribution in [2.24, 2.45) is 11.7 Å². The number of nitrogens with two attached hydrogens (primary N) is 1. The fourth-order valence-electron chi connectivity index (χ4n) is 3.23. The van der Waals surface area contributed by atoms with E-state index in [9.17, 15) is 4.79 Å². The Hall–Kier alpha value is -1.82. The second-order valence-corrected chi connectivity index (χ2v) is 7.21. The van der Waals surface area contributed by atoms with Gasteiger partial charge in [-0.25, -0.2) is 4.98 Å². The zero-order valence-electron chi connectivity index (χ0n) is 16.2. The summed E-state index contributed by atoms with van der Waals surface area (Å²) in [7, 11) is 0. The number of carbonyl (C=O) groups excluding carboxylic acids is 1. The number of piperidine rings is 1. The van der Waals surface area contributed by atoms with Gasteiger partial charge in [0, 0.05) is 25.8 Å². The lowest BCUT2D eigenvalue weighted by Crippen LogP contribution is -2.41. The second-order valence-electron chi connectivity index (χ2n) is 7.21. The first kappa shape index (κ1) is 24.2. The van der Waals surface area contributed by atoms with Crippen molar-refractivity contribution < 1.29 is 4.79 Å². The van der Waals surface area contributed by atoms with Crippen LogP contribution >= 0.6 is 24.8 Å². The van der Waals surface area contributed by atoms with Gasteiger partial charge in [-0.15, -0.1) is 24.8 Å². The number of aromatic nitrogens is 1. The monoisotopic (exact) mass is 424 g/mol. The standard InChI is InChI=1S/C21H28N4O.2ClH/c1-16-9-11-25(12-10-16)20-8-7-18(14-23-20)15-24-21(26)19(22)13-17-5-3-2-4-6-17;;/h2-8,14,16,19H,9-13,15,22H2,1H3,(H,24,26);2*1H. The lowest BCUT2D eigenvalue weighted by Gasteiger charge is -2.31. The molecule has 0 bridgehead atoms. The Labute approximate surface area is 179 Å². The number of nitrogens with zero attached hydrogens (tertiary/aromatic N) is 2. The summed E-state index contributed by atoms with van der Waals surface area (Å²) in [5.74, 6) is 1.69. The van der Waals surface area contributed by atoms with Gasteiger partial charge in [0.05, 0.1) is 6.04 Å². The zero-order chi connectivity index (χ0) is 18.4. The minimum Gasteiger partial charge on any atom is -0.357 e. The number of amides is 1. The molecule has 2 heterocycles. The van der Waals surface area contributed by atoms with Gasteiger partial charge in [-0.3, -0.25) is 4.79 Å². The highest BCUT2D eigenvalue weighted by atomic mass is 35.5. The summed E-state index contributed by atoms with van der Waals surface area (Å²) in [4.78, 5) is 19.1. The Morgan fingerprint density at radius 3 is 2.43 bits per heavy atom. The first-order valence-corrected chi connectivity index (χ1v) is 9.39. The summed E-state index contributed by atoms with van der Waals surface area (Å²) < 4.78 is 0. The molecule has 1 atom stereocenters. The average molecular weight is 425 g/mol. The van der Waals surface area contributed by atoms with Crippen LogP contribution in [0.25, 0.3) is 0 Å². The van der Waals surface area contributed by atoms with Crippen LogP contribution in [-0.2, 0) is 17.8 Å². The molecule has 0 aliphatic carbocycles. The van der Waals surface area contributed by atoms with Crippen LogP contribution in [0.3, 0.4) is 0 Å². The molecule has 0 spiro atoms. The number of hydrogen-bond acceptors (Lipinski definition) is 4. The van der Waals surface area contributed by atoms with Gasteiger partial charge in [0.15, 0.2) is 0 Å². The summed E-state index contributed by atoms with van der Waals surface area (Å²) in [5, 5.41) is 2.91. The van der Waals surface area contributed by atoms with Crippen LogP contribution in [-0.4, -0.2) is 30.0 Å². The van der Waals surface area contributed by atoms with Crippen molar-refractivity contribution in [2.45, 2.75) is 38.8 Å². The second kappa shape index (κ2) is 11.9. The van der Waals surface area contributed by atoms with Crippen LogP contribution in [0, 0.1) is 5.92 Å². The molecule has 1 aliphatic heterocycles. The first-order valence-electron chi connectivity index (χ1n) is 9.39. The first-order chi connectivity index (χ1) is 12.6. The lowest BCUT2D eigenvalue weighted by molar-refractivity contribution is -0.122. The fraction of sp³-hybridized carbons (Fsp3) is 0.429. The van der Waals surface area contributed by atoms with Crippen molar-refractivity contribution in [1.29, 1.82) is 0 Å². The summed E-state index contributed by atoms with van der Waals surface area (Å²) in [6, 6.07) is 13.4. The minimum absolute atomic E-state index is 0. The molecule has 1 aromatic carbocycles. The Balaban J connectivity index is 0.00000196. The molecule has 3 N–H and O–H groups in total. The third-order valence-corrected chi connectivity index (χ3v) is 5.02. The number of hydrogen-bond donors (Lipinski definition) is 2. The molecular formula is C21H30Cl2N4O. The predicted molar refractivity (Wildman–Crippen MR) is 119 cm³/mol. The maximum atomic E-state index is 12.2. The van der Waals surface area contributed by atoms with E-state index in [-0.39, 0.29) is 30.7 Å². The van der Waals surface area contributed by atoms with Gasteiger partial charge in [-0.05, 0) is 42.4 Å². The summed E-state index contributed by atoms with van der Waals surface area (Å²) in [5.41, 5.74) is 8.06. The average Bonchev–Trinajstić information content (AvgIpc) is 2.68. The molecule has 28 heavy (non-hydrogen) atoms. The number of rotatable bonds is 6. The van der Waals surface area contributed by atoms with E-state index in [2.05, 4.69) is 22.1 Å². The van der Waals surface area contributed by atoms with E-state index in [1.807, 2.05) is 48.7 Å². The van der Waals surface area contributed by atoms with Crippen LogP contribution in [0.4, 0.5) is 5.82 Å². The molecule has 154 valence electrons. The highest BCUT2D eigenvalue weighted by molar-refractivity contribution is 5.85. The van der Waals surface area contributed by atoms with Crippen molar-refractivity contribution in [3.8, 4) is 0 Å². The van der Waals surface area contributed by atoms with Gasteiger partial charge >= 0.3 is 0 Å². The maximum Gasteiger partial charge on any atom is 0.237 e. The molecule has 1 saturated heterocycles. The number of benzene rings is 1. The van der Waals surface area contributed by atoms with E-state index in [4.69, 9.17) is 5.73 Å². The Morgan fingerprint density at radius 2 is 1.82 bits per heavy atom. The zero-order valence-corrected chi connectivity index (χ0v) is 17.8. The van der Waals surface area contributed by atoms with E-state index < -0.39 is 6.04 Å².